The Bertz CT molecular complexity index is 1190. The van der Waals surface area contributed by atoms with Gasteiger partial charge >= 0.3 is 0 Å². The number of carbonyl (C=O) groups excluding carboxylic acids is 2. The lowest BCUT2D eigenvalue weighted by molar-refractivity contribution is -0.132. The van der Waals surface area contributed by atoms with Crippen LogP contribution in [0, 0.1) is 26.6 Å². The minimum absolute atomic E-state index is 0.0677. The summed E-state index contributed by atoms with van der Waals surface area (Å²) in [6.07, 6.45) is 0. The topological polar surface area (TPSA) is 70.8 Å². The fourth-order valence-electron chi connectivity index (χ4n) is 3.61. The molecule has 30 heavy (non-hydrogen) atoms. The number of furan rings is 1. The predicted molar refractivity (Wildman–Crippen MR) is 111 cm³/mol. The molecule has 1 unspecified atom stereocenters. The van der Waals surface area contributed by atoms with Crippen molar-refractivity contribution in [2.24, 2.45) is 0 Å². The van der Waals surface area contributed by atoms with Crippen LogP contribution in [0.2, 0.25) is 0 Å². The lowest BCUT2D eigenvalue weighted by Crippen LogP contribution is -2.29. The number of aryl methyl sites for hydroxylation is 3. The van der Waals surface area contributed by atoms with Crippen LogP contribution < -0.4 is 4.90 Å². The molecule has 0 aliphatic carbocycles. The summed E-state index contributed by atoms with van der Waals surface area (Å²) < 4.78 is 19.2. The fourth-order valence-corrected chi connectivity index (χ4v) is 3.61. The maximum atomic E-state index is 13.4. The molecule has 2 heterocycles. The highest BCUT2D eigenvalue weighted by Crippen LogP contribution is 2.42. The average Bonchev–Trinajstić information content (AvgIpc) is 3.26. The van der Waals surface area contributed by atoms with Gasteiger partial charge in [0, 0.05) is 11.3 Å². The van der Waals surface area contributed by atoms with Crippen LogP contribution in [0.5, 0.6) is 0 Å². The molecule has 1 atom stereocenters. The summed E-state index contributed by atoms with van der Waals surface area (Å²) in [6, 6.07) is 13.0. The number of amides is 1. The van der Waals surface area contributed by atoms with Gasteiger partial charge in [-0.3, -0.25) is 14.5 Å². The molecule has 1 aromatic heterocycles. The second-order valence-electron chi connectivity index (χ2n) is 7.39. The Balaban J connectivity index is 1.94. The first-order chi connectivity index (χ1) is 14.3. The number of aliphatic hydroxyl groups excluding tert-OH is 1. The molecule has 1 saturated heterocycles. The molecule has 1 aliphatic heterocycles. The van der Waals surface area contributed by atoms with Gasteiger partial charge in [0.25, 0.3) is 11.7 Å². The zero-order valence-corrected chi connectivity index (χ0v) is 16.8. The number of halogens is 1. The van der Waals surface area contributed by atoms with Crippen LogP contribution in [0.3, 0.4) is 0 Å². The van der Waals surface area contributed by atoms with Crippen LogP contribution in [0.25, 0.3) is 5.76 Å². The van der Waals surface area contributed by atoms with E-state index in [9.17, 15) is 19.1 Å². The summed E-state index contributed by atoms with van der Waals surface area (Å²) in [7, 11) is 0. The molecule has 0 saturated carbocycles. The maximum Gasteiger partial charge on any atom is 0.300 e. The first-order valence-electron chi connectivity index (χ1n) is 9.48. The van der Waals surface area contributed by atoms with Crippen LogP contribution in [-0.2, 0) is 9.59 Å². The summed E-state index contributed by atoms with van der Waals surface area (Å²) >= 11 is 0. The molecule has 4 rings (SSSR count). The molecule has 1 fully saturated rings. The minimum Gasteiger partial charge on any atom is -0.507 e. The third kappa shape index (κ3) is 3.20. The lowest BCUT2D eigenvalue weighted by Gasteiger charge is -2.23. The van der Waals surface area contributed by atoms with Gasteiger partial charge in [0.1, 0.15) is 29.1 Å². The van der Waals surface area contributed by atoms with E-state index in [0.717, 1.165) is 11.1 Å². The molecule has 1 N–H and O–H groups in total. The van der Waals surface area contributed by atoms with E-state index in [2.05, 4.69) is 0 Å². The van der Waals surface area contributed by atoms with Crippen molar-refractivity contribution in [1.29, 1.82) is 0 Å². The van der Waals surface area contributed by atoms with Gasteiger partial charge in [-0.25, -0.2) is 4.39 Å². The molecule has 6 heteroatoms. The maximum absolute atomic E-state index is 13.4. The molecule has 0 spiro atoms. The number of hydrogen-bond acceptors (Lipinski definition) is 4. The monoisotopic (exact) mass is 405 g/mol. The van der Waals surface area contributed by atoms with E-state index in [0.29, 0.717) is 22.8 Å². The van der Waals surface area contributed by atoms with Gasteiger partial charge in [0.05, 0.1) is 5.57 Å². The molecule has 0 radical (unpaired) electrons. The number of aliphatic hydroxyl groups is 1. The second kappa shape index (κ2) is 7.30. The normalized spacial score (nSPS) is 18.3. The first-order valence-corrected chi connectivity index (χ1v) is 9.48. The molecular weight excluding hydrogens is 385 g/mol. The van der Waals surface area contributed by atoms with E-state index >= 15 is 0 Å². The summed E-state index contributed by atoms with van der Waals surface area (Å²) in [5.74, 6) is -1.45. The van der Waals surface area contributed by atoms with Crippen molar-refractivity contribution in [3.8, 4) is 0 Å². The average molecular weight is 405 g/mol. The van der Waals surface area contributed by atoms with Crippen LogP contribution >= 0.6 is 0 Å². The quantitative estimate of drug-likeness (QED) is 0.379. The molecule has 3 aromatic rings. The Morgan fingerprint density at radius 2 is 1.67 bits per heavy atom. The van der Waals surface area contributed by atoms with Crippen molar-refractivity contribution in [1.82, 2.24) is 0 Å². The van der Waals surface area contributed by atoms with Crippen molar-refractivity contribution < 1.29 is 23.5 Å². The van der Waals surface area contributed by atoms with Crippen LogP contribution in [-0.4, -0.2) is 16.8 Å². The number of rotatable bonds is 3. The number of hydrogen-bond donors (Lipinski definition) is 1. The number of benzene rings is 2. The summed E-state index contributed by atoms with van der Waals surface area (Å²) in [5, 5.41) is 11.0. The van der Waals surface area contributed by atoms with E-state index in [1.54, 1.807) is 31.2 Å². The van der Waals surface area contributed by atoms with Crippen molar-refractivity contribution in [3.63, 3.8) is 0 Å². The summed E-state index contributed by atoms with van der Waals surface area (Å²) in [4.78, 5) is 27.2. The molecule has 2 aromatic carbocycles. The number of Topliss-reactive ketones (excluding diaryl/α,β-unsaturated/α-hetero) is 1. The largest absolute Gasteiger partial charge is 0.507 e. The Kier molecular flexibility index (Phi) is 4.78. The molecular formula is C24H20FNO4. The van der Waals surface area contributed by atoms with Crippen LogP contribution in [0.4, 0.5) is 10.1 Å². The molecule has 0 bridgehead atoms. The van der Waals surface area contributed by atoms with Crippen molar-refractivity contribution in [2.45, 2.75) is 26.8 Å². The second-order valence-corrected chi connectivity index (χ2v) is 7.39. The van der Waals surface area contributed by atoms with Crippen LogP contribution in [0.15, 0.2) is 64.6 Å². The van der Waals surface area contributed by atoms with Gasteiger partial charge in [-0.1, -0.05) is 12.1 Å². The number of nitrogens with zero attached hydrogens (tertiary/aromatic N) is 1. The zero-order valence-electron chi connectivity index (χ0n) is 16.8. The molecule has 152 valence electrons. The fraction of sp³-hybridized carbons (Fsp3) is 0.167. The number of anilines is 1. The summed E-state index contributed by atoms with van der Waals surface area (Å²) in [5.41, 5.74) is 2.68. The van der Waals surface area contributed by atoms with Gasteiger partial charge in [-0.2, -0.15) is 0 Å². The third-order valence-electron chi connectivity index (χ3n) is 5.36. The van der Waals surface area contributed by atoms with E-state index in [4.69, 9.17) is 4.42 Å². The van der Waals surface area contributed by atoms with Crippen LogP contribution in [0.1, 0.15) is 34.3 Å². The smallest absolute Gasteiger partial charge is 0.300 e. The van der Waals surface area contributed by atoms with Gasteiger partial charge in [0.2, 0.25) is 0 Å². The lowest BCUT2D eigenvalue weighted by atomic mass is 9.97. The van der Waals surface area contributed by atoms with Gasteiger partial charge in [-0.05, 0) is 74.4 Å². The first kappa shape index (κ1) is 19.6. The highest BCUT2D eigenvalue weighted by molar-refractivity contribution is 6.51. The van der Waals surface area contributed by atoms with Gasteiger partial charge < -0.3 is 9.52 Å². The number of carbonyl (C=O) groups is 2. The van der Waals surface area contributed by atoms with E-state index in [1.807, 2.05) is 19.9 Å². The Labute approximate surface area is 173 Å². The minimum atomic E-state index is -0.967. The Morgan fingerprint density at radius 3 is 2.27 bits per heavy atom. The molecule has 1 aliphatic rings. The van der Waals surface area contributed by atoms with Crippen molar-refractivity contribution >= 4 is 23.1 Å². The zero-order chi connectivity index (χ0) is 21.6. The van der Waals surface area contributed by atoms with Crippen molar-refractivity contribution in [2.75, 3.05) is 4.90 Å². The van der Waals surface area contributed by atoms with Crippen molar-refractivity contribution in [3.05, 3.63) is 94.2 Å². The highest BCUT2D eigenvalue weighted by Gasteiger charge is 2.48. The number of ketones is 1. The SMILES string of the molecule is Cc1ccc(C2/C(=C(/O)c3ccc(C)c(C)c3)C(=O)C(=O)N2c2ccc(F)cc2)o1. The third-order valence-corrected chi connectivity index (χ3v) is 5.36. The standard InChI is InChI=1S/C24H20FNO4/c1-13-4-6-16(12-14(13)2)22(27)20-21(19-11-5-15(3)30-19)26(24(29)23(20)28)18-9-7-17(25)8-10-18/h4-12,21,27H,1-3H3/b22-20-. The summed E-state index contributed by atoms with van der Waals surface area (Å²) in [6.45, 7) is 5.59. The molecule has 1 amide bonds. The Hall–Kier alpha value is -3.67. The van der Waals surface area contributed by atoms with Gasteiger partial charge in [-0.15, -0.1) is 0 Å². The highest BCUT2D eigenvalue weighted by atomic mass is 19.1. The molecule has 5 nitrogen and oxygen atoms in total. The van der Waals surface area contributed by atoms with E-state index < -0.39 is 23.5 Å². The Morgan fingerprint density at radius 1 is 0.967 bits per heavy atom. The predicted octanol–water partition coefficient (Wildman–Crippen LogP) is 4.97. The van der Waals surface area contributed by atoms with E-state index in [-0.39, 0.29) is 11.3 Å². The van der Waals surface area contributed by atoms with E-state index in [1.165, 1.54) is 29.2 Å². The van der Waals surface area contributed by atoms with Gasteiger partial charge in [0.15, 0.2) is 0 Å².